The lowest BCUT2D eigenvalue weighted by molar-refractivity contribution is -0.117. The van der Waals surface area contributed by atoms with Gasteiger partial charge in [-0.15, -0.1) is 11.3 Å². The lowest BCUT2D eigenvalue weighted by Gasteiger charge is -2.18. The van der Waals surface area contributed by atoms with E-state index in [0.717, 1.165) is 6.42 Å². The number of amides is 2. The van der Waals surface area contributed by atoms with Gasteiger partial charge < -0.3 is 4.90 Å². The molecule has 1 fully saturated rings. The van der Waals surface area contributed by atoms with Crippen molar-refractivity contribution in [1.29, 1.82) is 0 Å². The predicted molar refractivity (Wildman–Crippen MR) is 78.1 cm³/mol. The van der Waals surface area contributed by atoms with Crippen LogP contribution in [0.4, 0.5) is 10.8 Å². The van der Waals surface area contributed by atoms with Gasteiger partial charge >= 0.3 is 0 Å². The highest BCUT2D eigenvalue weighted by atomic mass is 32.1. The number of anilines is 2. The largest absolute Gasteiger partial charge is 0.312 e. The molecule has 2 amide bonds. The number of hydrogen-bond donors (Lipinski definition) is 1. The quantitative estimate of drug-likeness (QED) is 0.943. The standard InChI is InChI=1S/C14H13N3O2S/c18-12-6-3-8-17(12)11-5-2-1-4-10(11)13(19)16-14-15-7-9-20-14/h1-2,4-5,7,9H,3,6,8H2,(H,15,16,19). The molecular formula is C14H13N3O2S. The van der Waals surface area contributed by atoms with Crippen LogP contribution in [0.1, 0.15) is 23.2 Å². The zero-order valence-electron chi connectivity index (χ0n) is 10.7. The maximum Gasteiger partial charge on any atom is 0.259 e. The van der Waals surface area contributed by atoms with Gasteiger partial charge in [0.2, 0.25) is 5.91 Å². The molecule has 1 aliphatic heterocycles. The van der Waals surface area contributed by atoms with Gasteiger partial charge in [-0.3, -0.25) is 14.9 Å². The Hall–Kier alpha value is -2.21. The Morgan fingerprint density at radius 1 is 1.35 bits per heavy atom. The summed E-state index contributed by atoms with van der Waals surface area (Å²) in [6.45, 7) is 0.667. The molecule has 0 saturated carbocycles. The summed E-state index contributed by atoms with van der Waals surface area (Å²) in [4.78, 5) is 29.9. The molecule has 1 aromatic carbocycles. The van der Waals surface area contributed by atoms with Gasteiger partial charge in [-0.25, -0.2) is 4.98 Å². The number of benzene rings is 1. The topological polar surface area (TPSA) is 62.3 Å². The van der Waals surface area contributed by atoms with Crippen LogP contribution in [0, 0.1) is 0 Å². The Balaban J connectivity index is 1.89. The highest BCUT2D eigenvalue weighted by Crippen LogP contribution is 2.26. The zero-order chi connectivity index (χ0) is 13.9. The van der Waals surface area contributed by atoms with Gasteiger partial charge in [0.05, 0.1) is 11.3 Å². The van der Waals surface area contributed by atoms with Crippen molar-refractivity contribution in [3.05, 3.63) is 41.4 Å². The fourth-order valence-electron chi connectivity index (χ4n) is 2.25. The molecule has 3 rings (SSSR count). The molecule has 0 spiro atoms. The van der Waals surface area contributed by atoms with E-state index in [-0.39, 0.29) is 11.8 Å². The number of rotatable bonds is 3. The predicted octanol–water partition coefficient (Wildman–Crippen LogP) is 2.52. The van der Waals surface area contributed by atoms with Crippen molar-refractivity contribution >= 4 is 34.0 Å². The van der Waals surface area contributed by atoms with Gasteiger partial charge in [0.1, 0.15) is 0 Å². The van der Waals surface area contributed by atoms with Crippen molar-refractivity contribution in [3.8, 4) is 0 Å². The zero-order valence-corrected chi connectivity index (χ0v) is 11.5. The molecule has 2 aromatic rings. The Morgan fingerprint density at radius 2 is 2.20 bits per heavy atom. The van der Waals surface area contributed by atoms with Crippen molar-refractivity contribution in [2.45, 2.75) is 12.8 Å². The van der Waals surface area contributed by atoms with Crippen LogP contribution in [0.15, 0.2) is 35.8 Å². The highest BCUT2D eigenvalue weighted by Gasteiger charge is 2.25. The summed E-state index contributed by atoms with van der Waals surface area (Å²) in [5.74, 6) is -0.172. The van der Waals surface area contributed by atoms with Gasteiger partial charge in [0, 0.05) is 24.5 Å². The van der Waals surface area contributed by atoms with Gasteiger partial charge in [-0.2, -0.15) is 0 Å². The molecule has 0 radical (unpaired) electrons. The molecule has 0 unspecified atom stereocenters. The summed E-state index contributed by atoms with van der Waals surface area (Å²) in [6, 6.07) is 7.16. The van der Waals surface area contributed by atoms with Crippen LogP contribution in [0.25, 0.3) is 0 Å². The number of nitrogens with one attached hydrogen (secondary N) is 1. The Bertz CT molecular complexity index is 640. The third-order valence-corrected chi connectivity index (χ3v) is 3.85. The van der Waals surface area contributed by atoms with E-state index >= 15 is 0 Å². The molecule has 1 aliphatic rings. The van der Waals surface area contributed by atoms with Gasteiger partial charge in [0.15, 0.2) is 5.13 Å². The van der Waals surface area contributed by atoms with Crippen LogP contribution in [0.5, 0.6) is 0 Å². The van der Waals surface area contributed by atoms with Gasteiger partial charge in [0.25, 0.3) is 5.91 Å². The van der Waals surface area contributed by atoms with Crippen LogP contribution in [0.2, 0.25) is 0 Å². The minimum Gasteiger partial charge on any atom is -0.312 e. The summed E-state index contributed by atoms with van der Waals surface area (Å²) in [5, 5.41) is 5.10. The lowest BCUT2D eigenvalue weighted by Crippen LogP contribution is -2.27. The number of para-hydroxylation sites is 1. The second-order valence-corrected chi connectivity index (χ2v) is 5.35. The molecular weight excluding hydrogens is 274 g/mol. The number of carbonyl (C=O) groups is 2. The summed E-state index contributed by atoms with van der Waals surface area (Å²) in [7, 11) is 0. The van der Waals surface area contributed by atoms with Crippen LogP contribution in [-0.4, -0.2) is 23.3 Å². The first-order valence-electron chi connectivity index (χ1n) is 6.36. The fraction of sp³-hybridized carbons (Fsp3) is 0.214. The molecule has 1 saturated heterocycles. The molecule has 1 aromatic heterocycles. The van der Waals surface area contributed by atoms with Crippen LogP contribution in [-0.2, 0) is 4.79 Å². The molecule has 5 nitrogen and oxygen atoms in total. The molecule has 0 bridgehead atoms. The van der Waals surface area contributed by atoms with E-state index < -0.39 is 0 Å². The van der Waals surface area contributed by atoms with Crippen molar-refractivity contribution in [3.63, 3.8) is 0 Å². The van der Waals surface area contributed by atoms with Crippen molar-refractivity contribution < 1.29 is 9.59 Å². The van der Waals surface area contributed by atoms with E-state index in [1.54, 1.807) is 34.7 Å². The molecule has 2 heterocycles. The van der Waals surface area contributed by atoms with E-state index in [4.69, 9.17) is 0 Å². The van der Waals surface area contributed by atoms with Crippen molar-refractivity contribution in [2.75, 3.05) is 16.8 Å². The molecule has 0 aliphatic carbocycles. The maximum atomic E-state index is 12.3. The number of hydrogen-bond acceptors (Lipinski definition) is 4. The average Bonchev–Trinajstić information content (AvgIpc) is 3.10. The molecule has 1 N–H and O–H groups in total. The first kappa shape index (κ1) is 12.8. The van der Waals surface area contributed by atoms with Crippen LogP contribution < -0.4 is 10.2 Å². The minimum atomic E-state index is -0.241. The summed E-state index contributed by atoms with van der Waals surface area (Å²) in [6.07, 6.45) is 3.01. The smallest absolute Gasteiger partial charge is 0.259 e. The van der Waals surface area contributed by atoms with Crippen molar-refractivity contribution in [2.24, 2.45) is 0 Å². The van der Waals surface area contributed by atoms with E-state index in [9.17, 15) is 9.59 Å². The summed E-state index contributed by atoms with van der Waals surface area (Å²) < 4.78 is 0. The third kappa shape index (κ3) is 2.42. The number of carbonyl (C=O) groups excluding carboxylic acids is 2. The van der Waals surface area contributed by atoms with E-state index in [0.29, 0.717) is 29.3 Å². The molecule has 0 atom stereocenters. The first-order chi connectivity index (χ1) is 9.75. The van der Waals surface area contributed by atoms with Gasteiger partial charge in [-0.05, 0) is 18.6 Å². The van der Waals surface area contributed by atoms with Crippen LogP contribution in [0.3, 0.4) is 0 Å². The monoisotopic (exact) mass is 287 g/mol. The summed E-state index contributed by atoms with van der Waals surface area (Å²) >= 11 is 1.36. The minimum absolute atomic E-state index is 0.0690. The number of aromatic nitrogens is 1. The maximum absolute atomic E-state index is 12.3. The molecule has 102 valence electrons. The second-order valence-electron chi connectivity index (χ2n) is 4.46. The average molecular weight is 287 g/mol. The van der Waals surface area contributed by atoms with E-state index in [1.165, 1.54) is 11.3 Å². The van der Waals surface area contributed by atoms with Gasteiger partial charge in [-0.1, -0.05) is 12.1 Å². The van der Waals surface area contributed by atoms with E-state index in [2.05, 4.69) is 10.3 Å². The first-order valence-corrected chi connectivity index (χ1v) is 7.24. The lowest BCUT2D eigenvalue weighted by atomic mass is 10.1. The Labute approximate surface area is 120 Å². The van der Waals surface area contributed by atoms with E-state index in [1.807, 2.05) is 6.07 Å². The fourth-order valence-corrected chi connectivity index (χ4v) is 2.78. The number of nitrogens with zero attached hydrogens (tertiary/aromatic N) is 2. The number of thiazole rings is 1. The summed E-state index contributed by atoms with van der Waals surface area (Å²) in [5.41, 5.74) is 1.17. The Kier molecular flexibility index (Phi) is 3.47. The van der Waals surface area contributed by atoms with Crippen LogP contribution >= 0.6 is 11.3 Å². The molecule has 20 heavy (non-hydrogen) atoms. The second kappa shape index (κ2) is 5.42. The normalized spacial score (nSPS) is 14.6. The molecule has 6 heteroatoms. The SMILES string of the molecule is O=C(Nc1nccs1)c1ccccc1N1CCCC1=O. The van der Waals surface area contributed by atoms with Crippen molar-refractivity contribution in [1.82, 2.24) is 4.98 Å². The third-order valence-electron chi connectivity index (χ3n) is 3.17. The highest BCUT2D eigenvalue weighted by molar-refractivity contribution is 7.13. The Morgan fingerprint density at radius 3 is 2.90 bits per heavy atom.